The second-order valence-corrected chi connectivity index (χ2v) is 6.97. The second kappa shape index (κ2) is 5.38. The van der Waals surface area contributed by atoms with Crippen molar-refractivity contribution in [2.75, 3.05) is 10.5 Å². The van der Waals surface area contributed by atoms with Gasteiger partial charge in [0.05, 0.1) is 5.69 Å². The molecule has 0 aliphatic heterocycles. The van der Waals surface area contributed by atoms with E-state index in [1.807, 2.05) is 6.07 Å². The molecule has 0 aromatic heterocycles. The third-order valence-corrected chi connectivity index (χ3v) is 4.86. The number of anilines is 2. The molecule has 2 aromatic carbocycles. The summed E-state index contributed by atoms with van der Waals surface area (Å²) in [5.74, 6) is 0. The van der Waals surface area contributed by atoms with Gasteiger partial charge in [-0.3, -0.25) is 4.72 Å². The lowest BCUT2D eigenvalue weighted by Crippen LogP contribution is -2.16. The SMILES string of the molecule is Cc1cccc(N)c1S(=O)(=O)Nc1cccc(I)c1. The Morgan fingerprint density at radius 1 is 1.16 bits per heavy atom. The van der Waals surface area contributed by atoms with E-state index in [1.54, 1.807) is 43.3 Å². The van der Waals surface area contributed by atoms with Crippen molar-refractivity contribution in [2.45, 2.75) is 11.8 Å². The Morgan fingerprint density at radius 3 is 2.47 bits per heavy atom. The molecule has 19 heavy (non-hydrogen) atoms. The highest BCUT2D eigenvalue weighted by molar-refractivity contribution is 14.1. The van der Waals surface area contributed by atoms with Gasteiger partial charge in [-0.1, -0.05) is 18.2 Å². The van der Waals surface area contributed by atoms with Crippen LogP contribution in [0.2, 0.25) is 0 Å². The standard InChI is InChI=1S/C13H13IN2O2S/c1-9-4-2-7-12(15)13(9)19(17,18)16-11-6-3-5-10(14)8-11/h2-8,16H,15H2,1H3. The fourth-order valence-electron chi connectivity index (χ4n) is 1.80. The van der Waals surface area contributed by atoms with E-state index < -0.39 is 10.0 Å². The van der Waals surface area contributed by atoms with Crippen LogP contribution in [0.1, 0.15) is 5.56 Å². The Morgan fingerprint density at radius 2 is 1.84 bits per heavy atom. The molecule has 2 aromatic rings. The zero-order chi connectivity index (χ0) is 14.0. The van der Waals surface area contributed by atoms with Crippen molar-refractivity contribution in [1.82, 2.24) is 0 Å². The number of nitrogens with two attached hydrogens (primary N) is 1. The molecule has 0 aliphatic carbocycles. The quantitative estimate of drug-likeness (QED) is 0.627. The van der Waals surface area contributed by atoms with Crippen LogP contribution in [0, 0.1) is 10.5 Å². The smallest absolute Gasteiger partial charge is 0.264 e. The summed E-state index contributed by atoms with van der Waals surface area (Å²) in [5.41, 5.74) is 7.16. The molecule has 0 spiro atoms. The highest BCUT2D eigenvalue weighted by atomic mass is 127. The maximum Gasteiger partial charge on any atom is 0.264 e. The van der Waals surface area contributed by atoms with Gasteiger partial charge in [0.15, 0.2) is 0 Å². The topological polar surface area (TPSA) is 72.2 Å². The van der Waals surface area contributed by atoms with Crippen LogP contribution in [0.25, 0.3) is 0 Å². The Hall–Kier alpha value is -1.28. The van der Waals surface area contributed by atoms with Gasteiger partial charge in [0.1, 0.15) is 4.90 Å². The van der Waals surface area contributed by atoms with Crippen LogP contribution < -0.4 is 10.5 Å². The molecule has 0 radical (unpaired) electrons. The molecule has 100 valence electrons. The third-order valence-electron chi connectivity index (χ3n) is 2.59. The summed E-state index contributed by atoms with van der Waals surface area (Å²) in [7, 11) is -3.67. The number of halogens is 1. The largest absolute Gasteiger partial charge is 0.398 e. The van der Waals surface area contributed by atoms with Crippen molar-refractivity contribution in [3.05, 3.63) is 51.6 Å². The molecule has 3 N–H and O–H groups in total. The average molecular weight is 388 g/mol. The van der Waals surface area contributed by atoms with E-state index in [1.165, 1.54) is 0 Å². The summed E-state index contributed by atoms with van der Waals surface area (Å²) in [6.45, 7) is 1.72. The predicted molar refractivity (Wildman–Crippen MR) is 85.6 cm³/mol. The molecule has 0 aliphatic rings. The highest BCUT2D eigenvalue weighted by Gasteiger charge is 2.19. The minimum absolute atomic E-state index is 0.133. The predicted octanol–water partition coefficient (Wildman–Crippen LogP) is 2.98. The average Bonchev–Trinajstić information content (AvgIpc) is 2.27. The van der Waals surface area contributed by atoms with Gasteiger partial charge in [0.2, 0.25) is 0 Å². The first-order chi connectivity index (χ1) is 8.90. The number of rotatable bonds is 3. The van der Waals surface area contributed by atoms with Gasteiger partial charge in [-0.05, 0) is 59.3 Å². The number of sulfonamides is 1. The Labute approximate surface area is 126 Å². The van der Waals surface area contributed by atoms with Gasteiger partial charge in [-0.25, -0.2) is 8.42 Å². The molecule has 0 heterocycles. The van der Waals surface area contributed by atoms with E-state index in [0.717, 1.165) is 3.57 Å². The summed E-state index contributed by atoms with van der Waals surface area (Å²) in [6, 6.07) is 12.2. The van der Waals surface area contributed by atoms with Crippen LogP contribution in [0.15, 0.2) is 47.4 Å². The molecule has 2 rings (SSSR count). The van der Waals surface area contributed by atoms with Crippen molar-refractivity contribution in [3.8, 4) is 0 Å². The van der Waals surface area contributed by atoms with Crippen molar-refractivity contribution < 1.29 is 8.42 Å². The fourth-order valence-corrected chi connectivity index (χ4v) is 3.75. The summed E-state index contributed by atoms with van der Waals surface area (Å²) >= 11 is 2.13. The van der Waals surface area contributed by atoms with Gasteiger partial charge < -0.3 is 5.73 Å². The molecule has 4 nitrogen and oxygen atoms in total. The molecule has 0 amide bonds. The van der Waals surface area contributed by atoms with E-state index in [4.69, 9.17) is 5.73 Å². The summed E-state index contributed by atoms with van der Waals surface area (Å²) in [6.07, 6.45) is 0. The van der Waals surface area contributed by atoms with Gasteiger partial charge in [0, 0.05) is 9.26 Å². The lowest BCUT2D eigenvalue weighted by molar-refractivity contribution is 0.601. The van der Waals surface area contributed by atoms with Crippen LogP contribution in [-0.4, -0.2) is 8.42 Å². The molecule has 0 saturated carbocycles. The minimum Gasteiger partial charge on any atom is -0.398 e. The maximum absolute atomic E-state index is 12.4. The number of hydrogen-bond acceptors (Lipinski definition) is 3. The molecule has 0 bridgehead atoms. The van der Waals surface area contributed by atoms with Crippen molar-refractivity contribution in [3.63, 3.8) is 0 Å². The molecule has 0 saturated heterocycles. The van der Waals surface area contributed by atoms with Crippen LogP contribution in [0.4, 0.5) is 11.4 Å². The van der Waals surface area contributed by atoms with Crippen molar-refractivity contribution in [2.24, 2.45) is 0 Å². The van der Waals surface area contributed by atoms with Crippen molar-refractivity contribution in [1.29, 1.82) is 0 Å². The summed E-state index contributed by atoms with van der Waals surface area (Å²) in [4.78, 5) is 0.133. The maximum atomic E-state index is 12.4. The first-order valence-corrected chi connectivity index (χ1v) is 8.10. The van der Waals surface area contributed by atoms with Crippen LogP contribution in [0.5, 0.6) is 0 Å². The van der Waals surface area contributed by atoms with E-state index in [9.17, 15) is 8.42 Å². The normalized spacial score (nSPS) is 11.3. The Balaban J connectivity index is 2.44. The molecule has 0 atom stereocenters. The van der Waals surface area contributed by atoms with Crippen LogP contribution in [-0.2, 0) is 10.0 Å². The van der Waals surface area contributed by atoms with Gasteiger partial charge in [0.25, 0.3) is 10.0 Å². The first-order valence-electron chi connectivity index (χ1n) is 5.53. The monoisotopic (exact) mass is 388 g/mol. The number of aryl methyl sites for hydroxylation is 1. The number of hydrogen-bond donors (Lipinski definition) is 2. The van der Waals surface area contributed by atoms with Crippen molar-refractivity contribution >= 4 is 44.0 Å². The fraction of sp³-hybridized carbons (Fsp3) is 0.0769. The van der Waals surface area contributed by atoms with E-state index >= 15 is 0 Å². The zero-order valence-electron chi connectivity index (χ0n) is 10.2. The Bertz CT molecular complexity index is 694. The molecule has 0 unspecified atom stereocenters. The van der Waals surface area contributed by atoms with E-state index in [0.29, 0.717) is 11.3 Å². The first kappa shape index (κ1) is 14.1. The molecule has 6 heteroatoms. The minimum atomic E-state index is -3.67. The number of nitrogens with one attached hydrogen (secondary N) is 1. The van der Waals surface area contributed by atoms with E-state index in [2.05, 4.69) is 27.3 Å². The number of benzene rings is 2. The lowest BCUT2D eigenvalue weighted by atomic mass is 10.2. The molecule has 0 fully saturated rings. The lowest BCUT2D eigenvalue weighted by Gasteiger charge is -2.12. The van der Waals surface area contributed by atoms with Gasteiger partial charge >= 0.3 is 0 Å². The summed E-state index contributed by atoms with van der Waals surface area (Å²) < 4.78 is 28.2. The zero-order valence-corrected chi connectivity index (χ0v) is 13.2. The summed E-state index contributed by atoms with van der Waals surface area (Å²) in [5, 5.41) is 0. The Kier molecular flexibility index (Phi) is 4.00. The van der Waals surface area contributed by atoms with Crippen LogP contribution in [0.3, 0.4) is 0 Å². The third kappa shape index (κ3) is 3.19. The van der Waals surface area contributed by atoms with Gasteiger partial charge in [-0.15, -0.1) is 0 Å². The molecular formula is C13H13IN2O2S. The van der Waals surface area contributed by atoms with Crippen LogP contribution >= 0.6 is 22.6 Å². The van der Waals surface area contributed by atoms with Gasteiger partial charge in [-0.2, -0.15) is 0 Å². The molecular weight excluding hydrogens is 375 g/mol. The number of nitrogen functional groups attached to an aromatic ring is 1. The second-order valence-electron chi connectivity index (χ2n) is 4.11. The van der Waals surface area contributed by atoms with E-state index in [-0.39, 0.29) is 10.6 Å². The highest BCUT2D eigenvalue weighted by Crippen LogP contribution is 2.25.